The molecule has 3 heteroatoms. The van der Waals surface area contributed by atoms with Crippen LogP contribution in [0, 0.1) is 10.8 Å². The lowest BCUT2D eigenvalue weighted by Crippen LogP contribution is -2.34. The van der Waals surface area contributed by atoms with E-state index in [2.05, 4.69) is 11.8 Å². The second kappa shape index (κ2) is 2.98. The molecule has 0 amide bonds. The lowest BCUT2D eigenvalue weighted by atomic mass is 10.1. The summed E-state index contributed by atoms with van der Waals surface area (Å²) in [6, 6.07) is 0.470. The van der Waals surface area contributed by atoms with E-state index in [-0.39, 0.29) is 0 Å². The maximum Gasteiger partial charge on any atom is 0.0920 e. The van der Waals surface area contributed by atoms with Gasteiger partial charge in [0, 0.05) is 19.0 Å². The van der Waals surface area contributed by atoms with Crippen molar-refractivity contribution in [3.8, 4) is 0 Å². The van der Waals surface area contributed by atoms with Gasteiger partial charge >= 0.3 is 0 Å². The molecular weight excluding hydrogens is 162 g/mol. The lowest BCUT2D eigenvalue weighted by molar-refractivity contribution is 0.251. The highest BCUT2D eigenvalue weighted by Crippen LogP contribution is 2.53. The molecule has 1 aliphatic carbocycles. The second-order valence-electron chi connectivity index (χ2n) is 4.80. The van der Waals surface area contributed by atoms with Crippen molar-refractivity contribution >= 4 is 5.84 Å². The summed E-state index contributed by atoms with van der Waals surface area (Å²) >= 11 is 0. The largest absolute Gasteiger partial charge is 0.388 e. The summed E-state index contributed by atoms with van der Waals surface area (Å²) in [5.41, 5.74) is 6.10. The molecule has 1 saturated carbocycles. The fraction of sp³-hybridized carbons (Fsp3) is 0.900. The number of likely N-dealkylation sites (tertiary alicyclic amines) is 1. The van der Waals surface area contributed by atoms with Gasteiger partial charge in [0.2, 0.25) is 0 Å². The SMILES string of the molecule is CC(CC(=N)N)N1CCC2(CC2)C1. The van der Waals surface area contributed by atoms with Crippen LogP contribution in [-0.4, -0.2) is 29.9 Å². The Morgan fingerprint density at radius 1 is 1.54 bits per heavy atom. The number of amidine groups is 1. The first-order valence-electron chi connectivity index (χ1n) is 5.18. The summed E-state index contributed by atoms with van der Waals surface area (Å²) < 4.78 is 0. The molecule has 1 saturated heterocycles. The highest BCUT2D eigenvalue weighted by Gasteiger charge is 2.48. The van der Waals surface area contributed by atoms with Crippen LogP contribution in [0.5, 0.6) is 0 Å². The van der Waals surface area contributed by atoms with Crippen molar-refractivity contribution in [1.29, 1.82) is 5.41 Å². The first-order valence-corrected chi connectivity index (χ1v) is 5.18. The zero-order valence-electron chi connectivity index (χ0n) is 8.34. The van der Waals surface area contributed by atoms with Gasteiger partial charge in [0.25, 0.3) is 0 Å². The van der Waals surface area contributed by atoms with Gasteiger partial charge < -0.3 is 5.73 Å². The molecule has 3 N–H and O–H groups in total. The van der Waals surface area contributed by atoms with Crippen LogP contribution < -0.4 is 5.73 Å². The van der Waals surface area contributed by atoms with E-state index in [4.69, 9.17) is 11.1 Å². The number of hydrogen-bond donors (Lipinski definition) is 2. The van der Waals surface area contributed by atoms with E-state index in [0.717, 1.165) is 6.42 Å². The zero-order chi connectivity index (χ0) is 9.47. The van der Waals surface area contributed by atoms with Crippen LogP contribution >= 0.6 is 0 Å². The van der Waals surface area contributed by atoms with Crippen molar-refractivity contribution in [1.82, 2.24) is 4.90 Å². The van der Waals surface area contributed by atoms with Crippen LogP contribution in [0.1, 0.15) is 32.6 Å². The Bertz CT molecular complexity index is 220. The summed E-state index contributed by atoms with van der Waals surface area (Å²) in [5, 5.41) is 7.25. The van der Waals surface area contributed by atoms with E-state index in [9.17, 15) is 0 Å². The van der Waals surface area contributed by atoms with Crippen molar-refractivity contribution in [3.05, 3.63) is 0 Å². The van der Waals surface area contributed by atoms with Gasteiger partial charge in [0.05, 0.1) is 5.84 Å². The van der Waals surface area contributed by atoms with Crippen LogP contribution in [0.2, 0.25) is 0 Å². The highest BCUT2D eigenvalue weighted by molar-refractivity contribution is 5.77. The summed E-state index contributed by atoms with van der Waals surface area (Å²) in [4.78, 5) is 2.49. The number of nitrogens with zero attached hydrogens (tertiary/aromatic N) is 1. The number of nitrogens with one attached hydrogen (secondary N) is 1. The van der Waals surface area contributed by atoms with Crippen molar-refractivity contribution in [2.75, 3.05) is 13.1 Å². The van der Waals surface area contributed by atoms with Crippen LogP contribution in [0.4, 0.5) is 0 Å². The normalized spacial score (nSPS) is 27.8. The lowest BCUT2D eigenvalue weighted by Gasteiger charge is -2.23. The van der Waals surface area contributed by atoms with Gasteiger partial charge in [-0.05, 0) is 38.1 Å². The third kappa shape index (κ3) is 1.85. The van der Waals surface area contributed by atoms with E-state index >= 15 is 0 Å². The smallest absolute Gasteiger partial charge is 0.0920 e. The molecule has 0 aromatic carbocycles. The Hall–Kier alpha value is -0.570. The Kier molecular flexibility index (Phi) is 2.06. The molecule has 1 heterocycles. The van der Waals surface area contributed by atoms with Gasteiger partial charge in [0.15, 0.2) is 0 Å². The average molecular weight is 181 g/mol. The Morgan fingerprint density at radius 3 is 2.69 bits per heavy atom. The minimum atomic E-state index is 0.323. The number of nitrogens with two attached hydrogens (primary N) is 1. The minimum absolute atomic E-state index is 0.323. The maximum atomic E-state index is 7.25. The quantitative estimate of drug-likeness (QED) is 0.507. The second-order valence-corrected chi connectivity index (χ2v) is 4.80. The Morgan fingerprint density at radius 2 is 2.23 bits per heavy atom. The molecule has 74 valence electrons. The molecule has 2 rings (SSSR count). The average Bonchev–Trinajstić information content (AvgIpc) is 2.59. The van der Waals surface area contributed by atoms with E-state index < -0.39 is 0 Å². The van der Waals surface area contributed by atoms with Crippen LogP contribution in [0.3, 0.4) is 0 Å². The molecule has 1 atom stereocenters. The van der Waals surface area contributed by atoms with Crippen molar-refractivity contribution in [3.63, 3.8) is 0 Å². The molecule has 3 nitrogen and oxygen atoms in total. The highest BCUT2D eigenvalue weighted by atomic mass is 15.2. The third-order valence-electron chi connectivity index (χ3n) is 3.56. The topological polar surface area (TPSA) is 53.1 Å². The molecule has 2 fully saturated rings. The molecule has 0 radical (unpaired) electrons. The molecule has 1 spiro atoms. The molecular formula is C10H19N3. The number of rotatable bonds is 3. The standard InChI is InChI=1S/C10H19N3/c1-8(6-9(11)12)13-5-4-10(7-13)2-3-10/h8H,2-7H2,1H3,(H3,11,12). The molecule has 13 heavy (non-hydrogen) atoms. The summed E-state index contributed by atoms with van der Waals surface area (Å²) in [7, 11) is 0. The first-order chi connectivity index (χ1) is 6.11. The van der Waals surface area contributed by atoms with Crippen molar-refractivity contribution in [2.24, 2.45) is 11.1 Å². The predicted octanol–water partition coefficient (Wildman–Crippen LogP) is 1.19. The summed E-state index contributed by atoms with van der Waals surface area (Å²) in [6.45, 7) is 4.65. The van der Waals surface area contributed by atoms with Gasteiger partial charge in [-0.3, -0.25) is 10.3 Å². The van der Waals surface area contributed by atoms with Gasteiger partial charge in [-0.2, -0.15) is 0 Å². The molecule has 1 aliphatic heterocycles. The van der Waals surface area contributed by atoms with Crippen LogP contribution in [-0.2, 0) is 0 Å². The molecule has 0 bridgehead atoms. The molecule has 0 aromatic heterocycles. The Balaban J connectivity index is 1.84. The van der Waals surface area contributed by atoms with Gasteiger partial charge in [-0.1, -0.05) is 0 Å². The summed E-state index contributed by atoms with van der Waals surface area (Å²) in [6.07, 6.45) is 4.96. The summed E-state index contributed by atoms with van der Waals surface area (Å²) in [5.74, 6) is 0.323. The number of hydrogen-bond acceptors (Lipinski definition) is 2. The first kappa shape index (κ1) is 9.00. The molecule has 1 unspecified atom stereocenters. The van der Waals surface area contributed by atoms with E-state index in [0.29, 0.717) is 17.3 Å². The fourth-order valence-corrected chi connectivity index (χ4v) is 2.38. The van der Waals surface area contributed by atoms with E-state index in [1.165, 1.54) is 32.4 Å². The monoisotopic (exact) mass is 181 g/mol. The van der Waals surface area contributed by atoms with Crippen LogP contribution in [0.15, 0.2) is 0 Å². The zero-order valence-corrected chi connectivity index (χ0v) is 8.34. The van der Waals surface area contributed by atoms with Gasteiger partial charge in [-0.25, -0.2) is 0 Å². The third-order valence-corrected chi connectivity index (χ3v) is 3.56. The molecule has 2 aliphatic rings. The Labute approximate surface area is 79.8 Å². The predicted molar refractivity (Wildman–Crippen MR) is 53.9 cm³/mol. The van der Waals surface area contributed by atoms with Crippen molar-refractivity contribution in [2.45, 2.75) is 38.6 Å². The van der Waals surface area contributed by atoms with Gasteiger partial charge in [-0.15, -0.1) is 0 Å². The van der Waals surface area contributed by atoms with E-state index in [1.54, 1.807) is 0 Å². The van der Waals surface area contributed by atoms with Crippen LogP contribution in [0.25, 0.3) is 0 Å². The van der Waals surface area contributed by atoms with E-state index in [1.807, 2.05) is 0 Å². The molecule has 0 aromatic rings. The fourth-order valence-electron chi connectivity index (χ4n) is 2.38. The minimum Gasteiger partial charge on any atom is -0.388 e. The van der Waals surface area contributed by atoms with Gasteiger partial charge in [0.1, 0.15) is 0 Å². The maximum absolute atomic E-state index is 7.25. The van der Waals surface area contributed by atoms with Crippen molar-refractivity contribution < 1.29 is 0 Å².